The van der Waals surface area contributed by atoms with Gasteiger partial charge in [-0.15, -0.1) is 0 Å². The Morgan fingerprint density at radius 1 is 1.53 bits per heavy atom. The first-order valence-corrected chi connectivity index (χ1v) is 5.06. The molecule has 2 rings (SSSR count). The van der Waals surface area contributed by atoms with E-state index in [9.17, 15) is 9.50 Å². The van der Waals surface area contributed by atoms with Crippen molar-refractivity contribution in [1.29, 1.82) is 0 Å². The second kappa shape index (κ2) is 4.35. The van der Waals surface area contributed by atoms with E-state index in [4.69, 9.17) is 16.3 Å². The number of hydrogen-bond donors (Lipinski definition) is 2. The van der Waals surface area contributed by atoms with Crippen molar-refractivity contribution in [1.82, 2.24) is 5.32 Å². The second-order valence-corrected chi connectivity index (χ2v) is 3.78. The van der Waals surface area contributed by atoms with Crippen molar-refractivity contribution < 1.29 is 14.2 Å². The number of halogens is 2. The number of hydrogen-bond acceptors (Lipinski definition) is 3. The van der Waals surface area contributed by atoms with Gasteiger partial charge in [-0.3, -0.25) is 0 Å². The summed E-state index contributed by atoms with van der Waals surface area (Å²) in [5.74, 6) is -0.681. The first-order valence-electron chi connectivity index (χ1n) is 4.68. The Bertz CT molecular complexity index is 367. The lowest BCUT2D eigenvalue weighted by atomic mass is 10.0. The highest BCUT2D eigenvalue weighted by Crippen LogP contribution is 2.34. The number of phenolic OH excluding ortho intramolecular Hbond substituents is 1. The average Bonchev–Trinajstić information content (AvgIpc) is 2.26. The third-order valence-electron chi connectivity index (χ3n) is 2.38. The van der Waals surface area contributed by atoms with E-state index in [0.717, 1.165) is 0 Å². The molecule has 15 heavy (non-hydrogen) atoms. The first-order chi connectivity index (χ1) is 7.20. The molecular formula is C10H11ClFNO2. The van der Waals surface area contributed by atoms with E-state index in [1.807, 2.05) is 0 Å². The van der Waals surface area contributed by atoms with E-state index < -0.39 is 5.82 Å². The van der Waals surface area contributed by atoms with Gasteiger partial charge in [0.25, 0.3) is 0 Å². The van der Waals surface area contributed by atoms with Crippen molar-refractivity contribution in [3.8, 4) is 5.75 Å². The Morgan fingerprint density at radius 2 is 2.33 bits per heavy atom. The highest BCUT2D eigenvalue weighted by molar-refractivity contribution is 6.32. The number of ether oxygens (including phenoxy) is 1. The second-order valence-electron chi connectivity index (χ2n) is 3.37. The van der Waals surface area contributed by atoms with Gasteiger partial charge in [-0.25, -0.2) is 4.39 Å². The fourth-order valence-corrected chi connectivity index (χ4v) is 1.80. The number of benzene rings is 1. The van der Waals surface area contributed by atoms with Gasteiger partial charge in [0, 0.05) is 6.54 Å². The molecule has 0 aliphatic carbocycles. The van der Waals surface area contributed by atoms with Gasteiger partial charge in [0.15, 0.2) is 0 Å². The normalized spacial score (nSPS) is 21.6. The highest BCUT2D eigenvalue weighted by atomic mass is 35.5. The minimum Gasteiger partial charge on any atom is -0.506 e. The minimum absolute atomic E-state index is 0.152. The molecule has 1 aliphatic rings. The summed E-state index contributed by atoms with van der Waals surface area (Å²) in [7, 11) is 0. The molecule has 0 bridgehead atoms. The third-order valence-corrected chi connectivity index (χ3v) is 2.69. The van der Waals surface area contributed by atoms with Crippen LogP contribution in [0.4, 0.5) is 4.39 Å². The van der Waals surface area contributed by atoms with Gasteiger partial charge in [-0.2, -0.15) is 0 Å². The van der Waals surface area contributed by atoms with E-state index >= 15 is 0 Å². The highest BCUT2D eigenvalue weighted by Gasteiger charge is 2.23. The van der Waals surface area contributed by atoms with Crippen LogP contribution in [-0.2, 0) is 4.74 Å². The lowest BCUT2D eigenvalue weighted by molar-refractivity contribution is 0.0749. The van der Waals surface area contributed by atoms with Crippen molar-refractivity contribution in [3.05, 3.63) is 28.5 Å². The molecule has 1 aliphatic heterocycles. The van der Waals surface area contributed by atoms with E-state index in [1.54, 1.807) is 0 Å². The molecular weight excluding hydrogens is 221 g/mol. The molecule has 0 amide bonds. The average molecular weight is 232 g/mol. The van der Waals surface area contributed by atoms with Gasteiger partial charge in [-0.1, -0.05) is 11.6 Å². The zero-order valence-electron chi connectivity index (χ0n) is 7.96. The van der Waals surface area contributed by atoms with Crippen LogP contribution in [0.1, 0.15) is 11.6 Å². The van der Waals surface area contributed by atoms with Crippen molar-refractivity contribution in [2.75, 3.05) is 19.8 Å². The minimum atomic E-state index is -0.472. The lowest BCUT2D eigenvalue weighted by Gasteiger charge is -2.25. The third kappa shape index (κ3) is 2.07. The largest absolute Gasteiger partial charge is 0.506 e. The number of phenols is 1. The molecule has 1 heterocycles. The molecule has 1 aromatic carbocycles. The molecule has 0 unspecified atom stereocenters. The topological polar surface area (TPSA) is 41.5 Å². The molecule has 0 saturated carbocycles. The zero-order valence-corrected chi connectivity index (χ0v) is 8.72. The van der Waals surface area contributed by atoms with Crippen LogP contribution < -0.4 is 5.32 Å². The van der Waals surface area contributed by atoms with Crippen molar-refractivity contribution in [2.24, 2.45) is 0 Å². The maximum absolute atomic E-state index is 13.5. The van der Waals surface area contributed by atoms with Gasteiger partial charge >= 0.3 is 0 Å². The van der Waals surface area contributed by atoms with Crippen LogP contribution in [0, 0.1) is 5.82 Å². The van der Waals surface area contributed by atoms with Crippen LogP contribution in [0.15, 0.2) is 12.1 Å². The maximum atomic E-state index is 13.5. The predicted octanol–water partition coefficient (Wildman–Crippen LogP) is 1.85. The zero-order chi connectivity index (χ0) is 10.8. The molecule has 1 saturated heterocycles. The molecule has 5 heteroatoms. The van der Waals surface area contributed by atoms with Crippen molar-refractivity contribution >= 4 is 11.6 Å². The Labute approximate surface area is 91.8 Å². The van der Waals surface area contributed by atoms with Crippen LogP contribution in [0.25, 0.3) is 0 Å². The van der Waals surface area contributed by atoms with Gasteiger partial charge < -0.3 is 15.2 Å². The summed E-state index contributed by atoms with van der Waals surface area (Å²) in [6.07, 6.45) is 0. The number of nitrogens with one attached hydrogen (secondary N) is 1. The summed E-state index contributed by atoms with van der Waals surface area (Å²) >= 11 is 5.72. The number of morpholine rings is 1. The van der Waals surface area contributed by atoms with E-state index in [1.165, 1.54) is 12.1 Å². The Kier molecular flexibility index (Phi) is 3.09. The Hall–Kier alpha value is -0.840. The molecule has 2 N–H and O–H groups in total. The monoisotopic (exact) mass is 231 g/mol. The number of rotatable bonds is 1. The summed E-state index contributed by atoms with van der Waals surface area (Å²) in [5, 5.41) is 12.9. The fourth-order valence-electron chi connectivity index (χ4n) is 1.64. The van der Waals surface area contributed by atoms with Gasteiger partial charge in [0.1, 0.15) is 11.6 Å². The summed E-state index contributed by atoms with van der Waals surface area (Å²) in [4.78, 5) is 0. The molecule has 1 fully saturated rings. The predicted molar refractivity (Wildman–Crippen MR) is 54.6 cm³/mol. The summed E-state index contributed by atoms with van der Waals surface area (Å²) < 4.78 is 18.7. The molecule has 1 atom stereocenters. The summed E-state index contributed by atoms with van der Waals surface area (Å²) in [5.41, 5.74) is 0.183. The Balaban J connectivity index is 2.36. The smallest absolute Gasteiger partial charge is 0.141 e. The SMILES string of the molecule is Oc1c(Cl)ccc(F)c1[C@@H]1COCCN1. The molecule has 82 valence electrons. The molecule has 0 spiro atoms. The van der Waals surface area contributed by atoms with Crippen LogP contribution in [0.2, 0.25) is 5.02 Å². The van der Waals surface area contributed by atoms with Gasteiger partial charge in [-0.05, 0) is 12.1 Å². The molecule has 1 aromatic rings. The van der Waals surface area contributed by atoms with Crippen LogP contribution >= 0.6 is 11.6 Å². The first kappa shape index (κ1) is 10.7. The molecule has 0 aromatic heterocycles. The quantitative estimate of drug-likeness (QED) is 0.775. The van der Waals surface area contributed by atoms with Crippen LogP contribution in [0.5, 0.6) is 5.75 Å². The van der Waals surface area contributed by atoms with Crippen LogP contribution in [-0.4, -0.2) is 24.9 Å². The molecule has 3 nitrogen and oxygen atoms in total. The van der Waals surface area contributed by atoms with E-state index in [-0.39, 0.29) is 22.4 Å². The number of aromatic hydroxyl groups is 1. The van der Waals surface area contributed by atoms with Crippen LogP contribution in [0.3, 0.4) is 0 Å². The standard InChI is InChI=1S/C10H11ClFNO2/c11-6-1-2-7(12)9(10(6)14)8-5-15-4-3-13-8/h1-2,8,13-14H,3-5H2/t8-/m0/s1. The van der Waals surface area contributed by atoms with Crippen molar-refractivity contribution in [2.45, 2.75) is 6.04 Å². The summed E-state index contributed by atoms with van der Waals surface area (Å²) in [6, 6.07) is 2.24. The van der Waals surface area contributed by atoms with E-state index in [2.05, 4.69) is 5.32 Å². The van der Waals surface area contributed by atoms with Gasteiger partial charge in [0.2, 0.25) is 0 Å². The molecule has 0 radical (unpaired) electrons. The lowest BCUT2D eigenvalue weighted by Crippen LogP contribution is -2.35. The van der Waals surface area contributed by atoms with Gasteiger partial charge in [0.05, 0.1) is 29.8 Å². The fraction of sp³-hybridized carbons (Fsp3) is 0.400. The Morgan fingerprint density at radius 3 is 3.00 bits per heavy atom. The van der Waals surface area contributed by atoms with E-state index in [0.29, 0.717) is 19.8 Å². The maximum Gasteiger partial charge on any atom is 0.141 e. The summed E-state index contributed by atoms with van der Waals surface area (Å²) in [6.45, 7) is 1.57. The van der Waals surface area contributed by atoms with Crippen molar-refractivity contribution in [3.63, 3.8) is 0 Å².